The highest BCUT2D eigenvalue weighted by Gasteiger charge is 2.64. The molecule has 2 atom stereocenters. The van der Waals surface area contributed by atoms with Crippen LogP contribution in [0.5, 0.6) is 5.75 Å². The van der Waals surface area contributed by atoms with Crippen LogP contribution >= 0.6 is 23.2 Å². The van der Waals surface area contributed by atoms with Crippen molar-refractivity contribution in [3.8, 4) is 5.75 Å². The van der Waals surface area contributed by atoms with Crippen molar-refractivity contribution < 1.29 is 37.0 Å². The fourth-order valence-corrected chi connectivity index (χ4v) is 6.90. The number of para-hydroxylation sites is 1. The van der Waals surface area contributed by atoms with Gasteiger partial charge < -0.3 is 24.0 Å². The molecule has 2 aromatic rings. The van der Waals surface area contributed by atoms with E-state index in [0.717, 1.165) is 24.8 Å². The molecule has 0 radical (unpaired) electrons. The molecular weight excluding hydrogens is 608 g/mol. The third-order valence-corrected chi connectivity index (χ3v) is 8.95. The molecule has 0 aromatic heterocycles. The first kappa shape index (κ1) is 33.2. The van der Waals surface area contributed by atoms with E-state index < -0.39 is 40.4 Å². The fraction of sp³-hybridized carbons (Fsp3) is 0.548. The van der Waals surface area contributed by atoms with Crippen LogP contribution < -0.4 is 4.74 Å². The Labute approximate surface area is 260 Å². The molecule has 2 unspecified atom stereocenters. The molecule has 2 saturated heterocycles. The number of halogens is 5. The molecule has 2 aromatic carbocycles. The van der Waals surface area contributed by atoms with Gasteiger partial charge in [0.1, 0.15) is 11.4 Å². The van der Waals surface area contributed by atoms with E-state index >= 15 is 0 Å². The zero-order valence-electron chi connectivity index (χ0n) is 24.9. The van der Waals surface area contributed by atoms with E-state index in [1.54, 1.807) is 32.8 Å². The monoisotopic (exact) mass is 644 g/mol. The van der Waals surface area contributed by atoms with Gasteiger partial charge in [0.15, 0.2) is 0 Å². The summed E-state index contributed by atoms with van der Waals surface area (Å²) in [5.74, 6) is -0.774. The third-order valence-electron chi connectivity index (χ3n) is 8.51. The molecule has 2 aliphatic rings. The number of likely N-dealkylation sites (tertiary alicyclic amines) is 2. The van der Waals surface area contributed by atoms with E-state index in [0.29, 0.717) is 38.1 Å². The van der Waals surface area contributed by atoms with Crippen molar-refractivity contribution in [1.29, 1.82) is 0 Å². The number of nitrogens with zero attached hydrogens (tertiary/aromatic N) is 2. The number of benzene rings is 2. The van der Waals surface area contributed by atoms with Gasteiger partial charge >= 0.3 is 12.3 Å². The van der Waals surface area contributed by atoms with Gasteiger partial charge in [-0.1, -0.05) is 41.4 Å². The van der Waals surface area contributed by atoms with Crippen LogP contribution in [-0.2, 0) is 19.9 Å². The van der Waals surface area contributed by atoms with Crippen LogP contribution in [-0.4, -0.2) is 74.0 Å². The second kappa shape index (κ2) is 12.4. The number of alkyl halides is 3. The predicted octanol–water partition coefficient (Wildman–Crippen LogP) is 7.44. The number of amides is 2. The average Bonchev–Trinajstić information content (AvgIpc) is 2.92. The number of methoxy groups -OCH3 is 2. The van der Waals surface area contributed by atoms with Gasteiger partial charge in [-0.15, -0.1) is 0 Å². The van der Waals surface area contributed by atoms with E-state index in [4.69, 9.17) is 37.4 Å². The Morgan fingerprint density at radius 1 is 0.907 bits per heavy atom. The molecule has 2 aliphatic heterocycles. The Balaban J connectivity index is 1.66. The molecule has 236 valence electrons. The van der Waals surface area contributed by atoms with Crippen molar-refractivity contribution in [1.82, 2.24) is 9.80 Å². The van der Waals surface area contributed by atoms with E-state index in [1.165, 1.54) is 11.0 Å². The summed E-state index contributed by atoms with van der Waals surface area (Å²) in [4.78, 5) is 29.8. The van der Waals surface area contributed by atoms with Crippen molar-refractivity contribution >= 4 is 35.2 Å². The largest absolute Gasteiger partial charge is 0.496 e. The van der Waals surface area contributed by atoms with Gasteiger partial charge in [-0.2, -0.15) is 13.2 Å². The SMILES string of the molecule is COc1ccccc1C1CN(C(=O)OC(C)(C)C)CCC12CCN(C(=O)C(OC)(c1cc(Cl)cc(Cl)c1)C(F)(F)F)CC2. The van der Waals surface area contributed by atoms with Gasteiger partial charge in [0.25, 0.3) is 11.5 Å². The van der Waals surface area contributed by atoms with Crippen LogP contribution in [0.15, 0.2) is 42.5 Å². The summed E-state index contributed by atoms with van der Waals surface area (Å²) >= 11 is 12.1. The van der Waals surface area contributed by atoms with Crippen LogP contribution in [0.4, 0.5) is 18.0 Å². The molecule has 2 amide bonds. The van der Waals surface area contributed by atoms with Crippen LogP contribution in [0.1, 0.15) is 57.1 Å². The lowest BCUT2D eigenvalue weighted by Gasteiger charge is -2.52. The minimum Gasteiger partial charge on any atom is -0.496 e. The Kier molecular flexibility index (Phi) is 9.55. The standard InChI is InChI=1S/C31H37Cl2F3N2O5/c1-28(2,3)43-27(40)38-15-12-29(24(19-38)23-8-6-7-9-25(23)41-4)10-13-37(14-11-29)26(39)30(42-5,31(34,35)36)20-16-21(32)18-22(33)17-20/h6-9,16-18,24H,10-15,19H2,1-5H3. The zero-order valence-corrected chi connectivity index (χ0v) is 26.4. The first-order chi connectivity index (χ1) is 20.1. The van der Waals surface area contributed by atoms with Crippen molar-refractivity contribution in [3.05, 3.63) is 63.6 Å². The third kappa shape index (κ3) is 6.56. The van der Waals surface area contributed by atoms with Crippen LogP contribution in [0.2, 0.25) is 10.0 Å². The van der Waals surface area contributed by atoms with E-state index in [2.05, 4.69) is 0 Å². The number of carbonyl (C=O) groups excluding carboxylic acids is 2. The van der Waals surface area contributed by atoms with Gasteiger partial charge in [0.2, 0.25) is 0 Å². The van der Waals surface area contributed by atoms with Crippen LogP contribution in [0, 0.1) is 5.41 Å². The molecule has 0 aliphatic carbocycles. The summed E-state index contributed by atoms with van der Waals surface area (Å²) in [5, 5.41) is -0.0926. The fourth-order valence-electron chi connectivity index (χ4n) is 6.37. The highest BCUT2D eigenvalue weighted by atomic mass is 35.5. The lowest BCUT2D eigenvalue weighted by atomic mass is 9.62. The summed E-state index contributed by atoms with van der Waals surface area (Å²) in [6.07, 6.45) is -4.11. The number of ether oxygens (including phenoxy) is 3. The molecule has 0 saturated carbocycles. The summed E-state index contributed by atoms with van der Waals surface area (Å²) in [6.45, 7) is 6.30. The molecular formula is C31H37Cl2F3N2O5. The minimum absolute atomic E-state index is 0.0463. The van der Waals surface area contributed by atoms with E-state index in [-0.39, 0.29) is 29.1 Å². The van der Waals surface area contributed by atoms with Crippen molar-refractivity contribution in [2.45, 2.75) is 63.3 Å². The molecule has 4 rings (SSSR count). The molecule has 43 heavy (non-hydrogen) atoms. The number of piperidine rings is 2. The summed E-state index contributed by atoms with van der Waals surface area (Å²) < 4.78 is 60.6. The summed E-state index contributed by atoms with van der Waals surface area (Å²) in [5.41, 5.74) is -3.95. The molecule has 7 nitrogen and oxygen atoms in total. The molecule has 2 heterocycles. The second-order valence-electron chi connectivity index (χ2n) is 12.2. The van der Waals surface area contributed by atoms with Crippen LogP contribution in [0.3, 0.4) is 0 Å². The molecule has 12 heteroatoms. The Morgan fingerprint density at radius 2 is 1.47 bits per heavy atom. The quantitative estimate of drug-likeness (QED) is 0.338. The Bertz CT molecular complexity index is 1320. The molecule has 2 fully saturated rings. The van der Waals surface area contributed by atoms with Crippen LogP contribution in [0.25, 0.3) is 0 Å². The highest BCUT2D eigenvalue weighted by Crippen LogP contribution is 2.53. The highest BCUT2D eigenvalue weighted by molar-refractivity contribution is 6.34. The normalized spacial score (nSPS) is 20.5. The lowest BCUT2D eigenvalue weighted by Crippen LogP contribution is -2.60. The minimum atomic E-state index is -5.10. The van der Waals surface area contributed by atoms with Crippen molar-refractivity contribution in [3.63, 3.8) is 0 Å². The number of carbonyl (C=O) groups is 2. The average molecular weight is 646 g/mol. The number of rotatable bonds is 5. The predicted molar refractivity (Wildman–Crippen MR) is 158 cm³/mol. The lowest BCUT2D eigenvalue weighted by molar-refractivity contribution is -0.271. The smallest absolute Gasteiger partial charge is 0.430 e. The van der Waals surface area contributed by atoms with Crippen molar-refractivity contribution in [2.24, 2.45) is 5.41 Å². The molecule has 0 bridgehead atoms. The number of hydrogen-bond acceptors (Lipinski definition) is 5. The topological polar surface area (TPSA) is 68.3 Å². The van der Waals surface area contributed by atoms with E-state index in [9.17, 15) is 22.8 Å². The second-order valence-corrected chi connectivity index (χ2v) is 13.0. The van der Waals surface area contributed by atoms with Gasteiger partial charge in [-0.25, -0.2) is 4.79 Å². The van der Waals surface area contributed by atoms with Gasteiger partial charge in [0.05, 0.1) is 7.11 Å². The van der Waals surface area contributed by atoms with Gasteiger partial charge in [-0.05, 0) is 75.3 Å². The Morgan fingerprint density at radius 3 is 1.98 bits per heavy atom. The molecule has 0 N–H and O–H groups in total. The maximum Gasteiger partial charge on any atom is 0.430 e. The van der Waals surface area contributed by atoms with E-state index in [1.807, 2.05) is 24.3 Å². The van der Waals surface area contributed by atoms with Gasteiger partial charge in [-0.3, -0.25) is 4.79 Å². The van der Waals surface area contributed by atoms with Crippen molar-refractivity contribution in [2.75, 3.05) is 40.4 Å². The maximum absolute atomic E-state index is 14.8. The summed E-state index contributed by atoms with van der Waals surface area (Å²) in [6, 6.07) is 10.9. The summed E-state index contributed by atoms with van der Waals surface area (Å²) in [7, 11) is 2.43. The maximum atomic E-state index is 14.8. The first-order valence-electron chi connectivity index (χ1n) is 14.1. The first-order valence-corrected chi connectivity index (χ1v) is 14.8. The van der Waals surface area contributed by atoms with Gasteiger partial charge in [0, 0.05) is 54.8 Å². The zero-order chi connectivity index (χ0) is 31.8. The number of hydrogen-bond donors (Lipinski definition) is 0. The molecule has 1 spiro atoms. The Hall–Kier alpha value is -2.69.